The summed E-state index contributed by atoms with van der Waals surface area (Å²) in [6.07, 6.45) is 6.74. The van der Waals surface area contributed by atoms with Crippen molar-refractivity contribution in [2.24, 2.45) is 0 Å². The van der Waals surface area contributed by atoms with E-state index in [1.807, 2.05) is 78.9 Å². The first-order valence-electron chi connectivity index (χ1n) is 8.38. The van der Waals surface area contributed by atoms with Gasteiger partial charge >= 0.3 is 0 Å². The van der Waals surface area contributed by atoms with E-state index in [1.165, 1.54) is 0 Å². The van der Waals surface area contributed by atoms with Crippen LogP contribution in [0.5, 0.6) is 0 Å². The summed E-state index contributed by atoms with van der Waals surface area (Å²) in [7, 11) is 0. The van der Waals surface area contributed by atoms with E-state index in [0.717, 1.165) is 27.7 Å². The maximum Gasteiger partial charge on any atom is 0.185 e. The second kappa shape index (κ2) is 7.11. The predicted molar refractivity (Wildman–Crippen MR) is 105 cm³/mol. The van der Waals surface area contributed by atoms with Crippen molar-refractivity contribution in [2.75, 3.05) is 0 Å². The molecule has 124 valence electrons. The van der Waals surface area contributed by atoms with E-state index in [4.69, 9.17) is 0 Å². The number of benzene rings is 3. The molecule has 26 heavy (non-hydrogen) atoms. The van der Waals surface area contributed by atoms with Crippen molar-refractivity contribution in [2.45, 2.75) is 0 Å². The molecule has 0 N–H and O–H groups in total. The Bertz CT molecular complexity index is 1100. The Morgan fingerprint density at radius 1 is 0.731 bits per heavy atom. The lowest BCUT2D eigenvalue weighted by atomic mass is 10.0. The van der Waals surface area contributed by atoms with E-state index in [9.17, 15) is 4.79 Å². The lowest BCUT2D eigenvalue weighted by molar-refractivity contribution is 0.104. The van der Waals surface area contributed by atoms with Gasteiger partial charge in [-0.25, -0.2) is 0 Å². The highest BCUT2D eigenvalue weighted by molar-refractivity contribution is 6.07. The number of carbonyl (C=O) groups is 1. The Balaban J connectivity index is 1.58. The van der Waals surface area contributed by atoms with Crippen LogP contribution in [0.15, 0.2) is 91.3 Å². The van der Waals surface area contributed by atoms with Gasteiger partial charge in [0.2, 0.25) is 0 Å². The molecule has 0 fully saturated rings. The standard InChI is InChI=1S/C23H16N2O/c26-23(12-10-17-9-11-21-22(15-17)25-14-13-24-21)20-8-4-7-19(16-20)18-5-2-1-3-6-18/h1-16H/b12-10+. The van der Waals surface area contributed by atoms with Crippen molar-refractivity contribution in [1.29, 1.82) is 0 Å². The second-order valence-electron chi connectivity index (χ2n) is 5.95. The third-order valence-electron chi connectivity index (χ3n) is 4.17. The molecular weight excluding hydrogens is 320 g/mol. The van der Waals surface area contributed by atoms with Gasteiger partial charge in [-0.3, -0.25) is 14.8 Å². The van der Waals surface area contributed by atoms with Crippen LogP contribution in [0, 0.1) is 0 Å². The summed E-state index contributed by atoms with van der Waals surface area (Å²) >= 11 is 0. The molecular formula is C23H16N2O. The molecule has 0 atom stereocenters. The van der Waals surface area contributed by atoms with E-state index in [-0.39, 0.29) is 5.78 Å². The number of hydrogen-bond donors (Lipinski definition) is 0. The zero-order valence-corrected chi connectivity index (χ0v) is 14.0. The quantitative estimate of drug-likeness (QED) is 0.380. The zero-order valence-electron chi connectivity index (χ0n) is 14.0. The van der Waals surface area contributed by atoms with Crippen LogP contribution in [-0.4, -0.2) is 15.8 Å². The highest BCUT2D eigenvalue weighted by atomic mass is 16.1. The molecule has 0 amide bonds. The molecule has 0 spiro atoms. The van der Waals surface area contributed by atoms with Gasteiger partial charge in [-0.15, -0.1) is 0 Å². The molecule has 0 aliphatic heterocycles. The van der Waals surface area contributed by atoms with Crippen LogP contribution in [0.2, 0.25) is 0 Å². The predicted octanol–water partition coefficient (Wildman–Crippen LogP) is 5.19. The lowest BCUT2D eigenvalue weighted by Gasteiger charge is -2.03. The summed E-state index contributed by atoms with van der Waals surface area (Å²) in [5.74, 6) is -0.0259. The number of ketones is 1. The summed E-state index contributed by atoms with van der Waals surface area (Å²) in [5, 5.41) is 0. The van der Waals surface area contributed by atoms with Gasteiger partial charge in [0.25, 0.3) is 0 Å². The first-order chi connectivity index (χ1) is 12.8. The number of rotatable bonds is 4. The molecule has 4 rings (SSSR count). The average Bonchev–Trinajstić information content (AvgIpc) is 2.72. The summed E-state index contributed by atoms with van der Waals surface area (Å²) in [5.41, 5.74) is 5.37. The normalized spacial score (nSPS) is 11.1. The van der Waals surface area contributed by atoms with Crippen molar-refractivity contribution in [3.05, 3.63) is 102 Å². The van der Waals surface area contributed by atoms with Gasteiger partial charge in [0.15, 0.2) is 5.78 Å². The third kappa shape index (κ3) is 3.42. The van der Waals surface area contributed by atoms with Crippen molar-refractivity contribution in [1.82, 2.24) is 9.97 Å². The van der Waals surface area contributed by atoms with Crippen molar-refractivity contribution in [3.8, 4) is 11.1 Å². The Hall–Kier alpha value is -3.59. The highest BCUT2D eigenvalue weighted by Gasteiger charge is 2.04. The van der Waals surface area contributed by atoms with Crippen LogP contribution >= 0.6 is 0 Å². The Labute approximate surface area is 151 Å². The Kier molecular flexibility index (Phi) is 4.35. The van der Waals surface area contributed by atoms with Crippen LogP contribution in [0.4, 0.5) is 0 Å². The SMILES string of the molecule is O=C(/C=C/c1ccc2nccnc2c1)c1cccc(-c2ccccc2)c1. The molecule has 0 radical (unpaired) electrons. The maximum absolute atomic E-state index is 12.6. The topological polar surface area (TPSA) is 42.9 Å². The van der Waals surface area contributed by atoms with Crippen molar-refractivity contribution < 1.29 is 4.79 Å². The molecule has 3 aromatic carbocycles. The lowest BCUT2D eigenvalue weighted by Crippen LogP contribution is -1.94. The minimum Gasteiger partial charge on any atom is -0.289 e. The molecule has 3 heteroatoms. The fraction of sp³-hybridized carbons (Fsp3) is 0. The summed E-state index contributed by atoms with van der Waals surface area (Å²) in [6, 6.07) is 23.5. The summed E-state index contributed by atoms with van der Waals surface area (Å²) in [6.45, 7) is 0. The van der Waals surface area contributed by atoms with Crippen LogP contribution in [0.3, 0.4) is 0 Å². The number of fused-ring (bicyclic) bond motifs is 1. The van der Waals surface area contributed by atoms with E-state index in [0.29, 0.717) is 5.56 Å². The number of aromatic nitrogens is 2. The largest absolute Gasteiger partial charge is 0.289 e. The van der Waals surface area contributed by atoms with Crippen molar-refractivity contribution >= 4 is 22.9 Å². The van der Waals surface area contributed by atoms with Gasteiger partial charge in [0.05, 0.1) is 11.0 Å². The number of nitrogens with zero attached hydrogens (tertiary/aromatic N) is 2. The molecule has 0 saturated carbocycles. The maximum atomic E-state index is 12.6. The minimum absolute atomic E-state index is 0.0259. The molecule has 0 bridgehead atoms. The third-order valence-corrected chi connectivity index (χ3v) is 4.17. The van der Waals surface area contributed by atoms with E-state index in [2.05, 4.69) is 9.97 Å². The van der Waals surface area contributed by atoms with Crippen molar-refractivity contribution in [3.63, 3.8) is 0 Å². The van der Waals surface area contributed by atoms with Gasteiger partial charge in [0, 0.05) is 18.0 Å². The van der Waals surface area contributed by atoms with Gasteiger partial charge in [-0.05, 0) is 41.0 Å². The second-order valence-corrected chi connectivity index (χ2v) is 5.95. The summed E-state index contributed by atoms with van der Waals surface area (Å²) < 4.78 is 0. The molecule has 1 aromatic heterocycles. The number of carbonyl (C=O) groups excluding carboxylic acids is 1. The molecule has 4 aromatic rings. The first-order valence-corrected chi connectivity index (χ1v) is 8.38. The van der Waals surface area contributed by atoms with E-state index >= 15 is 0 Å². The average molecular weight is 336 g/mol. The number of allylic oxidation sites excluding steroid dienone is 1. The Morgan fingerprint density at radius 2 is 1.50 bits per heavy atom. The van der Waals surface area contributed by atoms with E-state index in [1.54, 1.807) is 18.5 Å². The fourth-order valence-corrected chi connectivity index (χ4v) is 2.83. The van der Waals surface area contributed by atoms with Gasteiger partial charge in [0.1, 0.15) is 0 Å². The first kappa shape index (κ1) is 15.9. The molecule has 0 saturated heterocycles. The van der Waals surface area contributed by atoms with Crippen LogP contribution in [0.1, 0.15) is 15.9 Å². The molecule has 1 heterocycles. The van der Waals surface area contributed by atoms with Crippen LogP contribution in [-0.2, 0) is 0 Å². The summed E-state index contributed by atoms with van der Waals surface area (Å²) in [4.78, 5) is 21.1. The molecule has 0 aliphatic carbocycles. The number of hydrogen-bond acceptors (Lipinski definition) is 3. The van der Waals surface area contributed by atoms with Crippen LogP contribution in [0.25, 0.3) is 28.2 Å². The van der Waals surface area contributed by atoms with E-state index < -0.39 is 0 Å². The molecule has 0 unspecified atom stereocenters. The van der Waals surface area contributed by atoms with Gasteiger partial charge in [-0.1, -0.05) is 60.7 Å². The molecule has 3 nitrogen and oxygen atoms in total. The molecule has 0 aliphatic rings. The van der Waals surface area contributed by atoms with Gasteiger partial charge in [-0.2, -0.15) is 0 Å². The fourth-order valence-electron chi connectivity index (χ4n) is 2.83. The monoisotopic (exact) mass is 336 g/mol. The minimum atomic E-state index is -0.0259. The van der Waals surface area contributed by atoms with Crippen LogP contribution < -0.4 is 0 Å². The highest BCUT2D eigenvalue weighted by Crippen LogP contribution is 2.20. The smallest absolute Gasteiger partial charge is 0.185 e. The zero-order chi connectivity index (χ0) is 17.8. The Morgan fingerprint density at radius 3 is 2.35 bits per heavy atom. The van der Waals surface area contributed by atoms with Gasteiger partial charge < -0.3 is 0 Å².